The Morgan fingerprint density at radius 1 is 1.13 bits per heavy atom. The summed E-state index contributed by atoms with van der Waals surface area (Å²) < 4.78 is 10.7. The molecule has 1 amide bonds. The maximum absolute atomic E-state index is 12.8. The number of amides is 1. The average Bonchev–Trinajstić information content (AvgIpc) is 3.23. The Hall–Kier alpha value is -3.03. The van der Waals surface area contributed by atoms with Crippen LogP contribution in [0.5, 0.6) is 0 Å². The summed E-state index contributed by atoms with van der Waals surface area (Å²) in [4.78, 5) is 21.2. The number of carbonyl (C=O) groups is 1. The van der Waals surface area contributed by atoms with E-state index in [1.807, 2.05) is 55.5 Å². The summed E-state index contributed by atoms with van der Waals surface area (Å²) in [5, 5.41) is 4.04. The molecule has 0 unspecified atom stereocenters. The van der Waals surface area contributed by atoms with Crippen LogP contribution in [-0.2, 0) is 17.8 Å². The first-order valence-electron chi connectivity index (χ1n) is 10.1. The van der Waals surface area contributed by atoms with Crippen molar-refractivity contribution in [3.8, 4) is 11.4 Å². The van der Waals surface area contributed by atoms with Crippen LogP contribution < -0.4 is 0 Å². The molecular formula is C23H26N4O3. The number of hydrogen-bond acceptors (Lipinski definition) is 6. The van der Waals surface area contributed by atoms with E-state index in [1.165, 1.54) is 5.56 Å². The van der Waals surface area contributed by atoms with Crippen LogP contribution in [0.1, 0.15) is 27.4 Å². The molecule has 156 valence electrons. The first-order chi connectivity index (χ1) is 14.6. The van der Waals surface area contributed by atoms with Gasteiger partial charge in [0.2, 0.25) is 11.7 Å². The maximum atomic E-state index is 12.8. The van der Waals surface area contributed by atoms with Gasteiger partial charge >= 0.3 is 0 Å². The van der Waals surface area contributed by atoms with Gasteiger partial charge in [0.15, 0.2) is 0 Å². The van der Waals surface area contributed by atoms with Crippen molar-refractivity contribution in [1.29, 1.82) is 0 Å². The minimum absolute atomic E-state index is 0.0803. The van der Waals surface area contributed by atoms with Gasteiger partial charge in [-0.25, -0.2) is 0 Å². The van der Waals surface area contributed by atoms with Gasteiger partial charge < -0.3 is 14.2 Å². The lowest BCUT2D eigenvalue weighted by molar-refractivity contribution is 0.0342. The summed E-state index contributed by atoms with van der Waals surface area (Å²) in [5.74, 6) is 0.858. The van der Waals surface area contributed by atoms with E-state index in [0.29, 0.717) is 17.3 Å². The van der Waals surface area contributed by atoms with Gasteiger partial charge in [0, 0.05) is 37.8 Å². The summed E-state index contributed by atoms with van der Waals surface area (Å²) in [6.45, 7) is 6.59. The molecule has 1 aliphatic rings. The zero-order chi connectivity index (χ0) is 20.9. The molecule has 7 nitrogen and oxygen atoms in total. The Kier molecular flexibility index (Phi) is 6.21. The van der Waals surface area contributed by atoms with Gasteiger partial charge in [-0.1, -0.05) is 41.1 Å². The maximum Gasteiger partial charge on any atom is 0.254 e. The Morgan fingerprint density at radius 3 is 2.63 bits per heavy atom. The Balaban J connectivity index is 1.36. The van der Waals surface area contributed by atoms with Crippen molar-refractivity contribution in [2.24, 2.45) is 0 Å². The molecule has 1 fully saturated rings. The summed E-state index contributed by atoms with van der Waals surface area (Å²) in [5.41, 5.74) is 3.86. The Labute approximate surface area is 176 Å². The number of nitrogens with zero attached hydrogens (tertiary/aromatic N) is 4. The second-order valence-electron chi connectivity index (χ2n) is 7.63. The molecule has 30 heavy (non-hydrogen) atoms. The average molecular weight is 406 g/mol. The summed E-state index contributed by atoms with van der Waals surface area (Å²) >= 11 is 0. The van der Waals surface area contributed by atoms with Crippen molar-refractivity contribution in [2.45, 2.75) is 20.0 Å². The van der Waals surface area contributed by atoms with Gasteiger partial charge in [-0.15, -0.1) is 0 Å². The highest BCUT2D eigenvalue weighted by molar-refractivity contribution is 5.94. The van der Waals surface area contributed by atoms with E-state index in [-0.39, 0.29) is 12.5 Å². The van der Waals surface area contributed by atoms with Crippen LogP contribution in [0.2, 0.25) is 0 Å². The van der Waals surface area contributed by atoms with Crippen LogP contribution in [0.25, 0.3) is 11.4 Å². The lowest BCUT2D eigenvalue weighted by Gasteiger charge is -2.26. The highest BCUT2D eigenvalue weighted by Gasteiger charge is 2.17. The second-order valence-corrected chi connectivity index (χ2v) is 7.63. The van der Waals surface area contributed by atoms with Crippen LogP contribution in [0.15, 0.2) is 53.1 Å². The summed E-state index contributed by atoms with van der Waals surface area (Å²) in [6, 6.07) is 15.7. The molecule has 1 aliphatic heterocycles. The highest BCUT2D eigenvalue weighted by Crippen LogP contribution is 2.18. The van der Waals surface area contributed by atoms with E-state index in [4.69, 9.17) is 9.26 Å². The Bertz CT molecular complexity index is 994. The fourth-order valence-electron chi connectivity index (χ4n) is 3.49. The summed E-state index contributed by atoms with van der Waals surface area (Å²) in [7, 11) is 1.74. The predicted octanol–water partition coefficient (Wildman–Crippen LogP) is 3.15. The minimum atomic E-state index is -0.0803. The van der Waals surface area contributed by atoms with Crippen LogP contribution >= 0.6 is 0 Å². The molecule has 0 radical (unpaired) electrons. The van der Waals surface area contributed by atoms with Crippen LogP contribution in [0.4, 0.5) is 0 Å². The standard InChI is InChI=1S/C23H26N4O3/c1-17-4-3-5-20(14-17)22-24-21(30-25-22)16-26(2)23(28)19-8-6-18(7-9-19)15-27-10-12-29-13-11-27/h3-9,14H,10-13,15-16H2,1-2H3. The smallest absolute Gasteiger partial charge is 0.254 e. The number of morpholine rings is 1. The zero-order valence-corrected chi connectivity index (χ0v) is 17.4. The van der Waals surface area contributed by atoms with Gasteiger partial charge in [0.25, 0.3) is 5.91 Å². The van der Waals surface area contributed by atoms with Crippen molar-refractivity contribution >= 4 is 5.91 Å². The van der Waals surface area contributed by atoms with E-state index in [1.54, 1.807) is 11.9 Å². The molecule has 0 N–H and O–H groups in total. The van der Waals surface area contributed by atoms with Crippen molar-refractivity contribution < 1.29 is 14.1 Å². The summed E-state index contributed by atoms with van der Waals surface area (Å²) in [6.07, 6.45) is 0. The van der Waals surface area contributed by atoms with E-state index >= 15 is 0 Å². The molecule has 0 aliphatic carbocycles. The molecule has 4 rings (SSSR count). The minimum Gasteiger partial charge on any atom is -0.379 e. The number of aromatic nitrogens is 2. The van der Waals surface area contributed by atoms with Crippen molar-refractivity contribution in [2.75, 3.05) is 33.4 Å². The molecule has 2 aromatic carbocycles. The first-order valence-corrected chi connectivity index (χ1v) is 10.1. The quantitative estimate of drug-likeness (QED) is 0.626. The largest absolute Gasteiger partial charge is 0.379 e. The highest BCUT2D eigenvalue weighted by atomic mass is 16.5. The molecule has 3 aromatic rings. The number of benzene rings is 2. The van der Waals surface area contributed by atoms with Gasteiger partial charge in [0.1, 0.15) is 0 Å². The number of ether oxygens (including phenoxy) is 1. The molecule has 0 saturated carbocycles. The first kappa shape index (κ1) is 20.3. The van der Waals surface area contributed by atoms with E-state index in [2.05, 4.69) is 15.0 Å². The number of rotatable bonds is 6. The third kappa shape index (κ3) is 4.93. The molecule has 1 saturated heterocycles. The van der Waals surface area contributed by atoms with E-state index in [0.717, 1.165) is 44.0 Å². The number of hydrogen-bond donors (Lipinski definition) is 0. The van der Waals surface area contributed by atoms with Crippen LogP contribution in [0.3, 0.4) is 0 Å². The molecular weight excluding hydrogens is 380 g/mol. The SMILES string of the molecule is Cc1cccc(-c2noc(CN(C)C(=O)c3ccc(CN4CCOCC4)cc3)n2)c1. The second kappa shape index (κ2) is 9.19. The molecule has 0 atom stereocenters. The predicted molar refractivity (Wildman–Crippen MR) is 113 cm³/mol. The lowest BCUT2D eigenvalue weighted by Crippen LogP contribution is -2.35. The van der Waals surface area contributed by atoms with E-state index in [9.17, 15) is 4.79 Å². The molecule has 2 heterocycles. The van der Waals surface area contributed by atoms with Crippen LogP contribution in [-0.4, -0.2) is 59.2 Å². The molecule has 0 spiro atoms. The number of aryl methyl sites for hydroxylation is 1. The van der Waals surface area contributed by atoms with Crippen LogP contribution in [0, 0.1) is 6.92 Å². The fourth-order valence-corrected chi connectivity index (χ4v) is 3.49. The zero-order valence-electron chi connectivity index (χ0n) is 17.4. The van der Waals surface area contributed by atoms with Gasteiger partial charge in [-0.3, -0.25) is 9.69 Å². The van der Waals surface area contributed by atoms with E-state index < -0.39 is 0 Å². The van der Waals surface area contributed by atoms with Crippen molar-refractivity contribution in [3.05, 3.63) is 71.1 Å². The number of carbonyl (C=O) groups excluding carboxylic acids is 1. The fraction of sp³-hybridized carbons (Fsp3) is 0.348. The van der Waals surface area contributed by atoms with Gasteiger partial charge in [-0.2, -0.15) is 4.98 Å². The Morgan fingerprint density at radius 2 is 1.90 bits per heavy atom. The van der Waals surface area contributed by atoms with Crippen molar-refractivity contribution in [3.63, 3.8) is 0 Å². The third-order valence-corrected chi connectivity index (χ3v) is 5.17. The monoisotopic (exact) mass is 406 g/mol. The third-order valence-electron chi connectivity index (χ3n) is 5.17. The van der Waals surface area contributed by atoms with Gasteiger partial charge in [0.05, 0.1) is 19.8 Å². The lowest BCUT2D eigenvalue weighted by atomic mass is 10.1. The topological polar surface area (TPSA) is 71.7 Å². The normalized spacial score (nSPS) is 14.6. The molecule has 7 heteroatoms. The van der Waals surface area contributed by atoms with Crippen molar-refractivity contribution in [1.82, 2.24) is 19.9 Å². The molecule has 0 bridgehead atoms. The van der Waals surface area contributed by atoms with Gasteiger partial charge in [-0.05, 0) is 30.7 Å². The molecule has 1 aromatic heterocycles.